The van der Waals surface area contributed by atoms with Gasteiger partial charge in [0.25, 0.3) is 0 Å². The van der Waals surface area contributed by atoms with Gasteiger partial charge >= 0.3 is 5.97 Å². The first-order valence-corrected chi connectivity index (χ1v) is 8.61. The van der Waals surface area contributed by atoms with Crippen molar-refractivity contribution in [2.75, 3.05) is 6.54 Å². The predicted octanol–water partition coefficient (Wildman–Crippen LogP) is 3.91. The Hall–Kier alpha value is -2.33. The highest BCUT2D eigenvalue weighted by Gasteiger charge is 2.35. The van der Waals surface area contributed by atoms with Crippen molar-refractivity contribution in [3.05, 3.63) is 64.2 Å². The van der Waals surface area contributed by atoms with E-state index in [0.29, 0.717) is 23.9 Å². The maximum atomic E-state index is 12.4. The highest BCUT2D eigenvalue weighted by molar-refractivity contribution is 6.30. The molecule has 1 amide bonds. The second-order valence-corrected chi connectivity index (χ2v) is 6.93. The fourth-order valence-corrected chi connectivity index (χ4v) is 3.14. The van der Waals surface area contributed by atoms with Crippen LogP contribution in [0.3, 0.4) is 0 Å². The van der Waals surface area contributed by atoms with Gasteiger partial charge in [-0.2, -0.15) is 0 Å². The average molecular weight is 358 g/mol. The lowest BCUT2D eigenvalue weighted by Crippen LogP contribution is -2.27. The van der Waals surface area contributed by atoms with Crippen LogP contribution in [0.5, 0.6) is 5.75 Å². The molecule has 130 valence electrons. The quantitative estimate of drug-likeness (QED) is 0.615. The number of amides is 1. The first-order valence-electron chi connectivity index (χ1n) is 8.23. The Morgan fingerprint density at radius 3 is 2.60 bits per heavy atom. The summed E-state index contributed by atoms with van der Waals surface area (Å²) in [4.78, 5) is 26.3. The summed E-state index contributed by atoms with van der Waals surface area (Å²) in [7, 11) is 0. The number of hydrogen-bond donors (Lipinski definition) is 0. The molecule has 0 radical (unpaired) electrons. The fraction of sp³-hybridized carbons (Fsp3) is 0.300. The summed E-state index contributed by atoms with van der Waals surface area (Å²) in [5.74, 6) is -0.340. The van der Waals surface area contributed by atoms with Crippen molar-refractivity contribution < 1.29 is 14.3 Å². The Morgan fingerprint density at radius 1 is 1.20 bits per heavy atom. The Morgan fingerprint density at radius 2 is 1.92 bits per heavy atom. The minimum atomic E-state index is -0.437. The van der Waals surface area contributed by atoms with Crippen molar-refractivity contribution in [1.29, 1.82) is 0 Å². The molecular formula is C20H20ClNO3. The van der Waals surface area contributed by atoms with E-state index in [1.54, 1.807) is 23.1 Å². The van der Waals surface area contributed by atoms with Crippen LogP contribution >= 0.6 is 11.6 Å². The Balaban J connectivity index is 1.63. The van der Waals surface area contributed by atoms with Crippen LogP contribution in [0, 0.1) is 19.8 Å². The molecule has 25 heavy (non-hydrogen) atoms. The number of likely N-dealkylation sites (tertiary alicyclic amines) is 1. The monoisotopic (exact) mass is 357 g/mol. The normalized spacial score (nSPS) is 17.0. The minimum absolute atomic E-state index is 0.0182. The number of rotatable bonds is 4. The molecule has 4 nitrogen and oxygen atoms in total. The zero-order valence-electron chi connectivity index (χ0n) is 14.3. The lowest BCUT2D eigenvalue weighted by Gasteiger charge is -2.17. The molecule has 1 heterocycles. The molecule has 0 N–H and O–H groups in total. The highest BCUT2D eigenvalue weighted by atomic mass is 35.5. The third kappa shape index (κ3) is 4.20. The van der Waals surface area contributed by atoms with Crippen molar-refractivity contribution in [2.24, 2.45) is 5.92 Å². The molecule has 1 aliphatic rings. The SMILES string of the molecule is Cc1ccc(CN2CC(C(=O)Oc3ccc(Cl)cc3C)CC2=O)cc1. The summed E-state index contributed by atoms with van der Waals surface area (Å²) in [6.07, 6.45) is 0.192. The summed E-state index contributed by atoms with van der Waals surface area (Å²) in [5.41, 5.74) is 3.03. The number of esters is 1. The van der Waals surface area contributed by atoms with Gasteiger partial charge in [0.1, 0.15) is 5.75 Å². The molecule has 1 fully saturated rings. The van der Waals surface area contributed by atoms with Crippen LogP contribution in [0.4, 0.5) is 0 Å². The van der Waals surface area contributed by atoms with Crippen LogP contribution < -0.4 is 4.74 Å². The molecule has 1 atom stereocenters. The zero-order valence-corrected chi connectivity index (χ0v) is 15.0. The van der Waals surface area contributed by atoms with E-state index in [0.717, 1.165) is 11.1 Å². The van der Waals surface area contributed by atoms with Gasteiger partial charge in [-0.25, -0.2) is 0 Å². The van der Waals surface area contributed by atoms with E-state index in [-0.39, 0.29) is 18.3 Å². The summed E-state index contributed by atoms with van der Waals surface area (Å²) < 4.78 is 5.47. The van der Waals surface area contributed by atoms with E-state index in [1.807, 2.05) is 38.1 Å². The number of carbonyl (C=O) groups is 2. The van der Waals surface area contributed by atoms with Gasteiger partial charge in [0, 0.05) is 24.5 Å². The molecule has 2 aromatic carbocycles. The van der Waals surface area contributed by atoms with Crippen molar-refractivity contribution in [3.8, 4) is 5.75 Å². The van der Waals surface area contributed by atoms with Gasteiger partial charge in [-0.3, -0.25) is 9.59 Å². The molecule has 1 saturated heterocycles. The summed E-state index contributed by atoms with van der Waals surface area (Å²) in [6, 6.07) is 13.2. The summed E-state index contributed by atoms with van der Waals surface area (Å²) >= 11 is 5.91. The van der Waals surface area contributed by atoms with Gasteiger partial charge < -0.3 is 9.64 Å². The number of nitrogens with zero attached hydrogens (tertiary/aromatic N) is 1. The lowest BCUT2D eigenvalue weighted by atomic mass is 10.1. The molecule has 1 aliphatic heterocycles. The van der Waals surface area contributed by atoms with E-state index in [2.05, 4.69) is 0 Å². The van der Waals surface area contributed by atoms with Gasteiger partial charge in [-0.05, 0) is 43.2 Å². The number of halogens is 1. The molecule has 0 aliphatic carbocycles. The maximum absolute atomic E-state index is 12.4. The third-order valence-corrected chi connectivity index (χ3v) is 4.62. The molecule has 2 aromatic rings. The lowest BCUT2D eigenvalue weighted by molar-refractivity contribution is -0.139. The summed E-state index contributed by atoms with van der Waals surface area (Å²) in [5, 5.41) is 0.595. The van der Waals surface area contributed by atoms with Gasteiger partial charge in [-0.1, -0.05) is 41.4 Å². The van der Waals surface area contributed by atoms with E-state index < -0.39 is 5.92 Å². The predicted molar refractivity (Wildman–Crippen MR) is 96.5 cm³/mol. The van der Waals surface area contributed by atoms with Gasteiger partial charge in [0.05, 0.1) is 5.92 Å². The van der Waals surface area contributed by atoms with Gasteiger partial charge in [-0.15, -0.1) is 0 Å². The molecule has 0 saturated carbocycles. The van der Waals surface area contributed by atoms with Gasteiger partial charge in [0.2, 0.25) is 5.91 Å². The number of benzene rings is 2. The minimum Gasteiger partial charge on any atom is -0.426 e. The Labute approximate surface area is 152 Å². The van der Waals surface area contributed by atoms with E-state index in [4.69, 9.17) is 16.3 Å². The zero-order chi connectivity index (χ0) is 18.0. The molecule has 3 rings (SSSR count). The highest BCUT2D eigenvalue weighted by Crippen LogP contribution is 2.26. The Kier molecular flexibility index (Phi) is 5.09. The van der Waals surface area contributed by atoms with Crippen molar-refractivity contribution in [1.82, 2.24) is 4.90 Å². The largest absolute Gasteiger partial charge is 0.426 e. The van der Waals surface area contributed by atoms with Crippen LogP contribution in [0.2, 0.25) is 5.02 Å². The van der Waals surface area contributed by atoms with Crippen molar-refractivity contribution in [3.63, 3.8) is 0 Å². The molecule has 5 heteroatoms. The number of carbonyl (C=O) groups excluding carboxylic acids is 2. The molecule has 0 bridgehead atoms. The average Bonchev–Trinajstić information content (AvgIpc) is 2.93. The molecule has 1 unspecified atom stereocenters. The van der Waals surface area contributed by atoms with E-state index in [9.17, 15) is 9.59 Å². The second kappa shape index (κ2) is 7.28. The van der Waals surface area contributed by atoms with Crippen LogP contribution in [-0.2, 0) is 16.1 Å². The fourth-order valence-electron chi connectivity index (χ4n) is 2.92. The van der Waals surface area contributed by atoms with Crippen LogP contribution in [0.25, 0.3) is 0 Å². The smallest absolute Gasteiger partial charge is 0.316 e. The first kappa shape index (κ1) is 17.5. The summed E-state index contributed by atoms with van der Waals surface area (Å²) in [6.45, 7) is 4.76. The van der Waals surface area contributed by atoms with Crippen LogP contribution in [0.15, 0.2) is 42.5 Å². The van der Waals surface area contributed by atoms with Crippen molar-refractivity contribution in [2.45, 2.75) is 26.8 Å². The maximum Gasteiger partial charge on any atom is 0.316 e. The number of aryl methyl sites for hydroxylation is 2. The molecular weight excluding hydrogens is 338 g/mol. The number of ether oxygens (including phenoxy) is 1. The van der Waals surface area contributed by atoms with Crippen LogP contribution in [-0.4, -0.2) is 23.3 Å². The van der Waals surface area contributed by atoms with E-state index in [1.165, 1.54) is 5.56 Å². The van der Waals surface area contributed by atoms with E-state index >= 15 is 0 Å². The van der Waals surface area contributed by atoms with Gasteiger partial charge in [0.15, 0.2) is 0 Å². The molecule has 0 spiro atoms. The molecule has 0 aromatic heterocycles. The second-order valence-electron chi connectivity index (χ2n) is 6.49. The first-order chi connectivity index (χ1) is 11.9. The topological polar surface area (TPSA) is 46.6 Å². The van der Waals surface area contributed by atoms with Crippen molar-refractivity contribution >= 4 is 23.5 Å². The third-order valence-electron chi connectivity index (χ3n) is 4.39. The van der Waals surface area contributed by atoms with Crippen LogP contribution in [0.1, 0.15) is 23.1 Å². The Bertz CT molecular complexity index is 801. The number of hydrogen-bond acceptors (Lipinski definition) is 3. The standard InChI is InChI=1S/C20H20ClNO3/c1-13-3-5-15(6-4-13)11-22-12-16(10-19(22)23)20(24)25-18-8-7-17(21)9-14(18)2/h3-9,16H,10-12H2,1-2H3.